The molecule has 0 bridgehead atoms. The highest BCUT2D eigenvalue weighted by Gasteiger charge is 2.30. The van der Waals surface area contributed by atoms with Crippen LogP contribution >= 0.6 is 0 Å². The van der Waals surface area contributed by atoms with Gasteiger partial charge in [-0.25, -0.2) is 0 Å². The molecule has 3 amide bonds. The van der Waals surface area contributed by atoms with Crippen LogP contribution in [0.3, 0.4) is 0 Å². The van der Waals surface area contributed by atoms with Gasteiger partial charge in [-0.2, -0.15) is 13.2 Å². The van der Waals surface area contributed by atoms with Gasteiger partial charge >= 0.3 is 6.18 Å². The van der Waals surface area contributed by atoms with E-state index in [-0.39, 0.29) is 45.4 Å². The van der Waals surface area contributed by atoms with Gasteiger partial charge < -0.3 is 32.7 Å². The van der Waals surface area contributed by atoms with E-state index < -0.39 is 41.5 Å². The maximum Gasteiger partial charge on any atom is 0.416 e. The summed E-state index contributed by atoms with van der Waals surface area (Å²) in [4.78, 5) is 44.5. The summed E-state index contributed by atoms with van der Waals surface area (Å²) >= 11 is 0. The number of carbonyl (C=O) groups is 3. The van der Waals surface area contributed by atoms with Gasteiger partial charge in [-0.05, 0) is 54.8 Å². The number of halogens is 3. The lowest BCUT2D eigenvalue weighted by atomic mass is 10.0. The van der Waals surface area contributed by atoms with Crippen LogP contribution < -0.4 is 27.8 Å². The van der Waals surface area contributed by atoms with Gasteiger partial charge in [0.1, 0.15) is 6.04 Å². The Labute approximate surface area is 235 Å². The molecule has 0 spiro atoms. The first kappa shape index (κ1) is 31.5. The Morgan fingerprint density at radius 3 is 2.27 bits per heavy atom. The summed E-state index contributed by atoms with van der Waals surface area (Å²) in [6, 6.07) is 10.9. The molecule has 1 aromatic heterocycles. The van der Waals surface area contributed by atoms with Gasteiger partial charge in [-0.3, -0.25) is 19.4 Å². The summed E-state index contributed by atoms with van der Waals surface area (Å²) in [7, 11) is 0. The molecule has 13 heteroatoms. The minimum absolute atomic E-state index is 0.0607. The predicted molar refractivity (Wildman–Crippen MR) is 149 cm³/mol. The summed E-state index contributed by atoms with van der Waals surface area (Å²) in [5, 5.41) is 6.15. The topological polar surface area (TPSA) is 169 Å². The highest BCUT2D eigenvalue weighted by molar-refractivity contribution is 5.99. The van der Waals surface area contributed by atoms with Crippen molar-refractivity contribution < 1.29 is 27.6 Å². The number of rotatable bonds is 13. The summed E-state index contributed by atoms with van der Waals surface area (Å²) < 4.78 is 38.8. The molecule has 0 aliphatic carbocycles. The SMILES string of the molecule is NCCN(CCN)C(=O)CC(N)C(=O)NC(CCc1ccc(C(F)(F)F)cc1)C(=O)Nc1ccc2ncccc2c1. The van der Waals surface area contributed by atoms with Crippen LogP contribution in [-0.2, 0) is 27.0 Å². The second kappa shape index (κ2) is 14.5. The van der Waals surface area contributed by atoms with Crippen LogP contribution in [0.15, 0.2) is 60.8 Å². The lowest BCUT2D eigenvalue weighted by molar-refractivity contribution is -0.137. The van der Waals surface area contributed by atoms with E-state index in [4.69, 9.17) is 17.2 Å². The zero-order valence-electron chi connectivity index (χ0n) is 22.4. The van der Waals surface area contributed by atoms with Crippen molar-refractivity contribution in [2.75, 3.05) is 31.5 Å². The molecular formula is C28H34F3N7O3. The Balaban J connectivity index is 1.73. The van der Waals surface area contributed by atoms with E-state index in [1.54, 1.807) is 30.5 Å². The summed E-state index contributed by atoms with van der Waals surface area (Å²) in [5.41, 5.74) is 18.0. The second-order valence-corrected chi connectivity index (χ2v) is 9.46. The van der Waals surface area contributed by atoms with Crippen molar-refractivity contribution >= 4 is 34.3 Å². The number of nitrogens with two attached hydrogens (primary N) is 3. The standard InChI is InChI=1S/C28H34F3N7O3/c29-28(30,31)20-6-3-18(4-7-20)5-9-24(27(41)36-21-8-10-23-19(16-21)2-1-13-35-23)37-26(40)22(34)17-25(39)38(14-11-32)15-12-33/h1-4,6-8,10,13,16,22,24H,5,9,11-12,14-15,17,32-34H2,(H,36,41)(H,37,40). The van der Waals surface area contributed by atoms with Gasteiger partial charge in [-0.1, -0.05) is 18.2 Å². The normalized spacial score (nSPS) is 12.9. The van der Waals surface area contributed by atoms with Crippen molar-refractivity contribution in [3.05, 3.63) is 71.9 Å². The summed E-state index contributed by atoms with van der Waals surface area (Å²) in [5.74, 6) is -1.69. The van der Waals surface area contributed by atoms with Gasteiger partial charge in [0.2, 0.25) is 17.7 Å². The number of benzene rings is 2. The predicted octanol–water partition coefficient (Wildman–Crippen LogP) is 1.77. The Morgan fingerprint density at radius 1 is 0.951 bits per heavy atom. The fraction of sp³-hybridized carbons (Fsp3) is 0.357. The molecule has 0 saturated carbocycles. The molecule has 0 saturated heterocycles. The van der Waals surface area contributed by atoms with Gasteiger partial charge in [0.25, 0.3) is 0 Å². The zero-order chi connectivity index (χ0) is 30.0. The number of anilines is 1. The molecule has 3 aromatic rings. The molecule has 8 N–H and O–H groups in total. The average molecular weight is 574 g/mol. The number of carbonyl (C=O) groups excluding carboxylic acids is 3. The van der Waals surface area contributed by atoms with E-state index >= 15 is 0 Å². The Morgan fingerprint density at radius 2 is 1.63 bits per heavy atom. The Hall–Kier alpha value is -4.07. The molecule has 0 fully saturated rings. The number of amides is 3. The fourth-order valence-corrected chi connectivity index (χ4v) is 4.18. The third-order valence-corrected chi connectivity index (χ3v) is 6.39. The third kappa shape index (κ3) is 9.23. The van der Waals surface area contributed by atoms with Crippen LogP contribution in [0.2, 0.25) is 0 Å². The number of nitrogens with zero attached hydrogens (tertiary/aromatic N) is 2. The number of fused-ring (bicyclic) bond motifs is 1. The van der Waals surface area contributed by atoms with E-state index in [9.17, 15) is 27.6 Å². The molecule has 2 aromatic carbocycles. The number of hydrogen-bond donors (Lipinski definition) is 5. The Kier molecular flexibility index (Phi) is 11.1. The number of pyridine rings is 1. The van der Waals surface area contributed by atoms with Crippen molar-refractivity contribution in [3.63, 3.8) is 0 Å². The minimum Gasteiger partial charge on any atom is -0.343 e. The summed E-state index contributed by atoms with van der Waals surface area (Å²) in [6.07, 6.45) is -2.90. The lowest BCUT2D eigenvalue weighted by Gasteiger charge is -2.24. The first-order chi connectivity index (χ1) is 19.5. The van der Waals surface area contributed by atoms with Gasteiger partial charge in [-0.15, -0.1) is 0 Å². The maximum atomic E-state index is 13.3. The van der Waals surface area contributed by atoms with Crippen molar-refractivity contribution in [2.45, 2.75) is 37.5 Å². The molecule has 1 heterocycles. The highest BCUT2D eigenvalue weighted by Crippen LogP contribution is 2.29. The van der Waals surface area contributed by atoms with Crippen LogP contribution in [0.4, 0.5) is 18.9 Å². The van der Waals surface area contributed by atoms with E-state index in [0.717, 1.165) is 23.0 Å². The first-order valence-electron chi connectivity index (χ1n) is 13.1. The molecule has 41 heavy (non-hydrogen) atoms. The molecule has 2 atom stereocenters. The molecule has 220 valence electrons. The van der Waals surface area contributed by atoms with E-state index in [0.29, 0.717) is 11.3 Å². The smallest absolute Gasteiger partial charge is 0.343 e. The molecule has 0 aliphatic heterocycles. The van der Waals surface area contributed by atoms with Crippen molar-refractivity contribution in [1.29, 1.82) is 0 Å². The monoisotopic (exact) mass is 573 g/mol. The average Bonchev–Trinajstić information content (AvgIpc) is 2.94. The number of nitrogens with one attached hydrogen (secondary N) is 2. The molecular weight excluding hydrogens is 539 g/mol. The van der Waals surface area contributed by atoms with E-state index in [1.807, 2.05) is 6.07 Å². The largest absolute Gasteiger partial charge is 0.416 e. The molecule has 3 rings (SSSR count). The highest BCUT2D eigenvalue weighted by atomic mass is 19.4. The molecule has 0 radical (unpaired) electrons. The number of alkyl halides is 3. The van der Waals surface area contributed by atoms with Gasteiger partial charge in [0.05, 0.1) is 23.5 Å². The van der Waals surface area contributed by atoms with Gasteiger partial charge in [0, 0.05) is 43.4 Å². The Bertz CT molecular complexity index is 1330. The van der Waals surface area contributed by atoms with Crippen molar-refractivity contribution in [3.8, 4) is 0 Å². The fourth-order valence-electron chi connectivity index (χ4n) is 4.18. The van der Waals surface area contributed by atoms with Crippen LogP contribution in [0, 0.1) is 0 Å². The molecule has 10 nitrogen and oxygen atoms in total. The van der Waals surface area contributed by atoms with E-state index in [2.05, 4.69) is 15.6 Å². The molecule has 2 unspecified atom stereocenters. The number of hydrogen-bond acceptors (Lipinski definition) is 7. The second-order valence-electron chi connectivity index (χ2n) is 9.46. The van der Waals surface area contributed by atoms with Gasteiger partial charge in [0.15, 0.2) is 0 Å². The minimum atomic E-state index is -4.47. The van der Waals surface area contributed by atoms with Crippen LogP contribution in [0.25, 0.3) is 10.9 Å². The zero-order valence-corrected chi connectivity index (χ0v) is 22.4. The lowest BCUT2D eigenvalue weighted by Crippen LogP contribution is -2.52. The van der Waals surface area contributed by atoms with Crippen LogP contribution in [0.1, 0.15) is 24.0 Å². The van der Waals surface area contributed by atoms with Crippen LogP contribution in [0.5, 0.6) is 0 Å². The van der Waals surface area contributed by atoms with Crippen LogP contribution in [-0.4, -0.2) is 65.9 Å². The number of aryl methyl sites for hydroxylation is 1. The maximum absolute atomic E-state index is 13.3. The van der Waals surface area contributed by atoms with E-state index in [1.165, 1.54) is 17.0 Å². The van der Waals surface area contributed by atoms with Crippen molar-refractivity contribution in [1.82, 2.24) is 15.2 Å². The molecule has 0 aliphatic rings. The quantitative estimate of drug-likeness (QED) is 0.208. The summed E-state index contributed by atoms with van der Waals surface area (Å²) in [6.45, 7) is 0.933. The third-order valence-electron chi connectivity index (χ3n) is 6.39. The van der Waals surface area contributed by atoms with Crippen molar-refractivity contribution in [2.24, 2.45) is 17.2 Å². The first-order valence-corrected chi connectivity index (χ1v) is 13.1. The number of aromatic nitrogens is 1.